The number of aryl methyl sites for hydroxylation is 2. The van der Waals surface area contributed by atoms with Crippen molar-refractivity contribution in [2.24, 2.45) is 5.14 Å². The lowest BCUT2D eigenvalue weighted by molar-refractivity contribution is -0.119. The van der Waals surface area contributed by atoms with Gasteiger partial charge in [0.2, 0.25) is 15.9 Å². The van der Waals surface area contributed by atoms with Gasteiger partial charge in [-0.1, -0.05) is 12.1 Å². The van der Waals surface area contributed by atoms with Crippen molar-refractivity contribution in [1.29, 1.82) is 0 Å². The number of ether oxygens (including phenoxy) is 1. The van der Waals surface area contributed by atoms with Gasteiger partial charge in [0.15, 0.2) is 0 Å². The number of benzene rings is 2. The van der Waals surface area contributed by atoms with Gasteiger partial charge in [0.25, 0.3) is 0 Å². The highest BCUT2D eigenvalue weighted by Crippen LogP contribution is 2.30. The van der Waals surface area contributed by atoms with Crippen molar-refractivity contribution in [2.75, 3.05) is 32.1 Å². The normalized spacial score (nSPS) is 13.7. The van der Waals surface area contributed by atoms with E-state index in [9.17, 15) is 13.2 Å². The highest BCUT2D eigenvalue weighted by molar-refractivity contribution is 7.89. The summed E-state index contributed by atoms with van der Waals surface area (Å²) >= 11 is 0. The number of nitrogens with zero attached hydrogens (tertiary/aromatic N) is 2. The summed E-state index contributed by atoms with van der Waals surface area (Å²) in [5.74, 6) is 0.872. The van der Waals surface area contributed by atoms with Crippen LogP contribution in [0.5, 0.6) is 5.75 Å². The van der Waals surface area contributed by atoms with Crippen LogP contribution in [0.2, 0.25) is 0 Å². The Morgan fingerprint density at radius 1 is 1.21 bits per heavy atom. The number of carbonyl (C=O) groups is 1. The number of primary sulfonamides is 1. The third-order valence-corrected chi connectivity index (χ3v) is 6.07. The Balaban J connectivity index is 1.69. The molecular weight excluding hydrogens is 390 g/mol. The standard InChI is InChI=1S/C21H27N3O4S/c1-14-9-16(10-15(2)21(14)28-4)12-23(3)13-20(25)24-8-7-17-11-18(29(22,26)27)5-6-19(17)24/h5-6,9-11H,7-8,12-13H2,1-4H3,(H2,22,26,27). The third-order valence-electron chi connectivity index (χ3n) is 5.16. The van der Waals surface area contributed by atoms with E-state index in [1.165, 1.54) is 6.07 Å². The monoisotopic (exact) mass is 417 g/mol. The molecule has 8 heteroatoms. The maximum Gasteiger partial charge on any atom is 0.241 e. The molecular formula is C21H27N3O4S. The minimum Gasteiger partial charge on any atom is -0.496 e. The second-order valence-corrected chi connectivity index (χ2v) is 9.13. The smallest absolute Gasteiger partial charge is 0.241 e. The molecule has 1 amide bonds. The molecule has 0 aromatic heterocycles. The average molecular weight is 418 g/mol. The average Bonchev–Trinajstić information content (AvgIpc) is 3.03. The van der Waals surface area contributed by atoms with Crippen LogP contribution in [0.25, 0.3) is 0 Å². The first-order valence-corrected chi connectivity index (χ1v) is 10.9. The van der Waals surface area contributed by atoms with Crippen molar-refractivity contribution in [1.82, 2.24) is 4.90 Å². The molecule has 7 nitrogen and oxygen atoms in total. The Morgan fingerprint density at radius 2 is 1.86 bits per heavy atom. The molecule has 0 spiro atoms. The topological polar surface area (TPSA) is 92.9 Å². The largest absolute Gasteiger partial charge is 0.496 e. The van der Waals surface area contributed by atoms with Crippen LogP contribution in [0.1, 0.15) is 22.3 Å². The number of anilines is 1. The molecule has 29 heavy (non-hydrogen) atoms. The highest BCUT2D eigenvalue weighted by atomic mass is 32.2. The van der Waals surface area contributed by atoms with Gasteiger partial charge in [0, 0.05) is 18.8 Å². The van der Waals surface area contributed by atoms with Gasteiger partial charge in [-0.2, -0.15) is 0 Å². The molecule has 1 aliphatic heterocycles. The fourth-order valence-electron chi connectivity index (χ4n) is 3.95. The number of amides is 1. The third kappa shape index (κ3) is 4.60. The lowest BCUT2D eigenvalue weighted by Gasteiger charge is -2.23. The summed E-state index contributed by atoms with van der Waals surface area (Å²) in [6, 6.07) is 8.83. The van der Waals surface area contributed by atoms with E-state index in [0.717, 1.165) is 33.7 Å². The molecule has 0 unspecified atom stereocenters. The van der Waals surface area contributed by atoms with E-state index in [0.29, 0.717) is 19.5 Å². The molecule has 0 fully saturated rings. The first-order valence-electron chi connectivity index (χ1n) is 9.39. The van der Waals surface area contributed by atoms with Crippen LogP contribution >= 0.6 is 0 Å². The van der Waals surface area contributed by atoms with Crippen LogP contribution in [0.15, 0.2) is 35.2 Å². The Hall–Kier alpha value is -2.42. The number of sulfonamides is 1. The molecule has 0 radical (unpaired) electrons. The van der Waals surface area contributed by atoms with Gasteiger partial charge in [0.1, 0.15) is 5.75 Å². The van der Waals surface area contributed by atoms with E-state index < -0.39 is 10.0 Å². The predicted molar refractivity (Wildman–Crippen MR) is 113 cm³/mol. The lowest BCUT2D eigenvalue weighted by Crippen LogP contribution is -2.37. The molecule has 1 heterocycles. The summed E-state index contributed by atoms with van der Waals surface area (Å²) in [5, 5.41) is 5.20. The molecule has 156 valence electrons. The predicted octanol–water partition coefficient (Wildman–Crippen LogP) is 1.98. The van der Waals surface area contributed by atoms with Crippen LogP contribution in [-0.4, -0.2) is 46.5 Å². The summed E-state index contributed by atoms with van der Waals surface area (Å²) in [6.45, 7) is 5.47. The van der Waals surface area contributed by atoms with E-state index >= 15 is 0 Å². The van der Waals surface area contributed by atoms with Crippen molar-refractivity contribution in [3.05, 3.63) is 52.6 Å². The molecule has 3 rings (SSSR count). The van der Waals surface area contributed by atoms with E-state index in [-0.39, 0.29) is 17.3 Å². The van der Waals surface area contributed by atoms with Gasteiger partial charge in [0.05, 0.1) is 18.6 Å². The van der Waals surface area contributed by atoms with Crippen molar-refractivity contribution < 1.29 is 17.9 Å². The first kappa shape index (κ1) is 21.3. The number of carbonyl (C=O) groups excluding carboxylic acids is 1. The van der Waals surface area contributed by atoms with E-state index in [4.69, 9.17) is 9.88 Å². The van der Waals surface area contributed by atoms with Crippen molar-refractivity contribution >= 4 is 21.6 Å². The zero-order chi connectivity index (χ0) is 21.3. The fraction of sp³-hybridized carbons (Fsp3) is 0.381. The van der Waals surface area contributed by atoms with Crippen LogP contribution in [0.3, 0.4) is 0 Å². The zero-order valence-electron chi connectivity index (χ0n) is 17.2. The number of hydrogen-bond donors (Lipinski definition) is 1. The minimum absolute atomic E-state index is 0.0171. The number of rotatable bonds is 6. The minimum atomic E-state index is -3.75. The second kappa shape index (κ2) is 8.14. The number of fused-ring (bicyclic) bond motifs is 1. The number of likely N-dealkylation sites (N-methyl/N-ethyl adjacent to an activating group) is 1. The summed E-state index contributed by atoms with van der Waals surface area (Å²) in [5.41, 5.74) is 4.85. The molecule has 0 atom stereocenters. The number of hydrogen-bond acceptors (Lipinski definition) is 5. The van der Waals surface area contributed by atoms with Crippen LogP contribution < -0.4 is 14.8 Å². The highest BCUT2D eigenvalue weighted by Gasteiger charge is 2.26. The van der Waals surface area contributed by atoms with Crippen molar-refractivity contribution in [3.8, 4) is 5.75 Å². The van der Waals surface area contributed by atoms with Crippen LogP contribution in [-0.2, 0) is 27.8 Å². The molecule has 0 aliphatic carbocycles. The van der Waals surface area contributed by atoms with Gasteiger partial charge in [-0.3, -0.25) is 9.69 Å². The fourth-order valence-corrected chi connectivity index (χ4v) is 4.52. The van der Waals surface area contributed by atoms with Gasteiger partial charge in [-0.25, -0.2) is 13.6 Å². The van der Waals surface area contributed by atoms with Crippen LogP contribution in [0.4, 0.5) is 5.69 Å². The van der Waals surface area contributed by atoms with Gasteiger partial charge in [-0.05, 0) is 67.8 Å². The number of nitrogens with two attached hydrogens (primary N) is 1. The van der Waals surface area contributed by atoms with Gasteiger partial charge >= 0.3 is 0 Å². The summed E-state index contributed by atoms with van der Waals surface area (Å²) in [7, 11) is -0.172. The second-order valence-electron chi connectivity index (χ2n) is 7.57. The molecule has 2 aromatic carbocycles. The maximum absolute atomic E-state index is 12.8. The lowest BCUT2D eigenvalue weighted by atomic mass is 10.1. The Morgan fingerprint density at radius 3 is 2.45 bits per heavy atom. The van der Waals surface area contributed by atoms with Crippen molar-refractivity contribution in [3.63, 3.8) is 0 Å². The molecule has 0 bridgehead atoms. The molecule has 2 N–H and O–H groups in total. The molecule has 1 aliphatic rings. The molecule has 0 saturated carbocycles. The Kier molecular flexibility index (Phi) is 5.97. The Labute approximate surface area is 172 Å². The SMILES string of the molecule is COc1c(C)cc(CN(C)CC(=O)N2CCc3cc(S(N)(=O)=O)ccc32)cc1C. The molecule has 0 saturated heterocycles. The zero-order valence-corrected chi connectivity index (χ0v) is 18.0. The van der Waals surface area contributed by atoms with E-state index in [1.807, 2.05) is 25.8 Å². The van der Waals surface area contributed by atoms with E-state index in [1.54, 1.807) is 24.1 Å². The number of methoxy groups -OCH3 is 1. The van der Waals surface area contributed by atoms with Gasteiger partial charge < -0.3 is 9.64 Å². The quantitative estimate of drug-likeness (QED) is 0.776. The Bertz CT molecular complexity index is 1030. The van der Waals surface area contributed by atoms with E-state index in [2.05, 4.69) is 12.1 Å². The summed E-state index contributed by atoms with van der Waals surface area (Å²) < 4.78 is 28.5. The van der Waals surface area contributed by atoms with Crippen LogP contribution in [0, 0.1) is 13.8 Å². The van der Waals surface area contributed by atoms with Crippen molar-refractivity contribution in [2.45, 2.75) is 31.7 Å². The maximum atomic E-state index is 12.8. The molecule has 2 aromatic rings. The summed E-state index contributed by atoms with van der Waals surface area (Å²) in [6.07, 6.45) is 0.616. The summed E-state index contributed by atoms with van der Waals surface area (Å²) in [4.78, 5) is 16.6. The van der Waals surface area contributed by atoms with Gasteiger partial charge in [-0.15, -0.1) is 0 Å². The first-order chi connectivity index (χ1) is 13.6.